The molecule has 0 bridgehead atoms. The number of aromatic nitrogens is 1. The Balaban J connectivity index is 1.31. The molecule has 1 aliphatic rings. The molecular weight excluding hydrogens is 558 g/mol. The highest BCUT2D eigenvalue weighted by molar-refractivity contribution is 6.28. The Morgan fingerprint density at radius 2 is 0.978 bits per heavy atom. The van der Waals surface area contributed by atoms with Crippen molar-refractivity contribution in [1.82, 2.24) is 4.57 Å². The SMILES string of the molecule is c1ccc(-c2cc(-c3ccccc3)cc(-n3c4c(c5ccccc53)-c3c(oc5c6ccccc6c6ccccc6c35)CC4)c2)cc1. The van der Waals surface area contributed by atoms with E-state index < -0.39 is 0 Å². The fourth-order valence-electron chi connectivity index (χ4n) is 7.89. The smallest absolute Gasteiger partial charge is 0.143 e. The van der Waals surface area contributed by atoms with Crippen LogP contribution in [0.5, 0.6) is 0 Å². The fraction of sp³-hybridized carbons (Fsp3) is 0.0455. The molecule has 0 aliphatic heterocycles. The number of hydrogen-bond donors (Lipinski definition) is 0. The van der Waals surface area contributed by atoms with Gasteiger partial charge in [-0.2, -0.15) is 0 Å². The predicted octanol–water partition coefficient (Wildman–Crippen LogP) is 11.8. The number of aryl methyl sites for hydroxylation is 1. The molecule has 7 aromatic carbocycles. The van der Waals surface area contributed by atoms with Crippen molar-refractivity contribution in [1.29, 1.82) is 0 Å². The van der Waals surface area contributed by atoms with E-state index in [0.717, 1.165) is 24.2 Å². The maximum absolute atomic E-state index is 6.88. The minimum absolute atomic E-state index is 0.861. The monoisotopic (exact) mass is 587 g/mol. The zero-order chi connectivity index (χ0) is 30.2. The van der Waals surface area contributed by atoms with Crippen molar-refractivity contribution in [3.63, 3.8) is 0 Å². The summed E-state index contributed by atoms with van der Waals surface area (Å²) in [5.41, 5.74) is 12.2. The van der Waals surface area contributed by atoms with Gasteiger partial charge in [0, 0.05) is 45.1 Å². The first-order valence-corrected chi connectivity index (χ1v) is 16.1. The Morgan fingerprint density at radius 1 is 0.435 bits per heavy atom. The third-order valence-electron chi connectivity index (χ3n) is 9.84. The lowest BCUT2D eigenvalue weighted by molar-refractivity contribution is 0.546. The largest absolute Gasteiger partial charge is 0.460 e. The molecule has 10 rings (SSSR count). The Labute approximate surface area is 266 Å². The van der Waals surface area contributed by atoms with Crippen LogP contribution in [-0.4, -0.2) is 4.57 Å². The molecule has 0 saturated carbocycles. The maximum atomic E-state index is 6.88. The van der Waals surface area contributed by atoms with Crippen LogP contribution in [0, 0.1) is 0 Å². The highest BCUT2D eigenvalue weighted by Crippen LogP contribution is 2.50. The van der Waals surface area contributed by atoms with E-state index in [9.17, 15) is 0 Å². The molecule has 2 aromatic heterocycles. The molecule has 2 nitrogen and oxygen atoms in total. The third kappa shape index (κ3) is 3.64. The fourth-order valence-corrected chi connectivity index (χ4v) is 7.89. The van der Waals surface area contributed by atoms with Crippen LogP contribution in [0.4, 0.5) is 0 Å². The summed E-state index contributed by atoms with van der Waals surface area (Å²) in [5, 5.41) is 7.45. The lowest BCUT2D eigenvalue weighted by Gasteiger charge is -2.18. The molecule has 2 heterocycles. The second kappa shape index (κ2) is 9.82. The molecule has 0 amide bonds. The second-order valence-electron chi connectivity index (χ2n) is 12.4. The summed E-state index contributed by atoms with van der Waals surface area (Å²) in [4.78, 5) is 0. The number of para-hydroxylation sites is 1. The summed E-state index contributed by atoms with van der Waals surface area (Å²) in [6, 6.07) is 54.9. The summed E-state index contributed by atoms with van der Waals surface area (Å²) in [6.07, 6.45) is 1.77. The van der Waals surface area contributed by atoms with Crippen LogP contribution in [0.3, 0.4) is 0 Å². The van der Waals surface area contributed by atoms with Gasteiger partial charge in [-0.15, -0.1) is 0 Å². The third-order valence-corrected chi connectivity index (χ3v) is 9.84. The zero-order valence-electron chi connectivity index (χ0n) is 25.2. The molecule has 0 radical (unpaired) electrons. The first-order valence-electron chi connectivity index (χ1n) is 16.1. The Hall–Kier alpha value is -5.86. The molecule has 9 aromatic rings. The molecule has 0 unspecified atom stereocenters. The van der Waals surface area contributed by atoms with E-state index in [1.807, 2.05) is 0 Å². The average molecular weight is 588 g/mol. The molecule has 0 fully saturated rings. The second-order valence-corrected chi connectivity index (χ2v) is 12.4. The van der Waals surface area contributed by atoms with E-state index in [0.29, 0.717) is 0 Å². The van der Waals surface area contributed by atoms with Gasteiger partial charge in [0.1, 0.15) is 11.3 Å². The first-order chi connectivity index (χ1) is 22.8. The van der Waals surface area contributed by atoms with Gasteiger partial charge in [-0.05, 0) is 69.1 Å². The Bertz CT molecular complexity index is 2560. The van der Waals surface area contributed by atoms with E-state index in [4.69, 9.17) is 4.42 Å². The van der Waals surface area contributed by atoms with Gasteiger partial charge in [-0.1, -0.05) is 127 Å². The van der Waals surface area contributed by atoms with Crippen LogP contribution in [0.2, 0.25) is 0 Å². The number of benzene rings is 7. The molecular formula is C44H29NO. The summed E-state index contributed by atoms with van der Waals surface area (Å²) < 4.78 is 9.40. The summed E-state index contributed by atoms with van der Waals surface area (Å²) >= 11 is 0. The van der Waals surface area contributed by atoms with Crippen molar-refractivity contribution in [2.24, 2.45) is 0 Å². The Kier molecular flexibility index (Phi) is 5.44. The molecule has 46 heavy (non-hydrogen) atoms. The van der Waals surface area contributed by atoms with Gasteiger partial charge in [-0.3, -0.25) is 0 Å². The molecule has 1 aliphatic carbocycles. The normalized spacial score (nSPS) is 12.6. The van der Waals surface area contributed by atoms with Crippen molar-refractivity contribution in [3.8, 4) is 39.1 Å². The highest BCUT2D eigenvalue weighted by atomic mass is 16.3. The van der Waals surface area contributed by atoms with Crippen LogP contribution in [-0.2, 0) is 12.8 Å². The molecule has 216 valence electrons. The van der Waals surface area contributed by atoms with Gasteiger partial charge < -0.3 is 8.98 Å². The lowest BCUT2D eigenvalue weighted by Crippen LogP contribution is -2.07. The van der Waals surface area contributed by atoms with Crippen molar-refractivity contribution >= 4 is 43.4 Å². The van der Waals surface area contributed by atoms with Gasteiger partial charge >= 0.3 is 0 Å². The van der Waals surface area contributed by atoms with Crippen LogP contribution >= 0.6 is 0 Å². The van der Waals surface area contributed by atoms with E-state index in [1.165, 1.54) is 82.6 Å². The van der Waals surface area contributed by atoms with E-state index >= 15 is 0 Å². The standard InChI is InChI=1S/C44H29NO/c1-3-13-28(14-4-1)30-25-31(29-15-5-2-6-16-29)27-32(26-30)45-38-22-12-11-21-37(38)41-39(45)23-24-40-43(41)42-35-19-9-7-17-33(35)34-18-8-10-20-36(34)44(42)46-40/h1-22,25-27H,23-24H2. The molecule has 0 N–H and O–H groups in total. The van der Waals surface area contributed by atoms with Gasteiger partial charge in [0.25, 0.3) is 0 Å². The number of rotatable bonds is 3. The maximum Gasteiger partial charge on any atom is 0.143 e. The topological polar surface area (TPSA) is 18.1 Å². The summed E-state index contributed by atoms with van der Waals surface area (Å²) in [6.45, 7) is 0. The van der Waals surface area contributed by atoms with E-state index in [1.54, 1.807) is 0 Å². The number of fused-ring (bicyclic) bond motifs is 12. The van der Waals surface area contributed by atoms with Crippen LogP contribution < -0.4 is 0 Å². The summed E-state index contributed by atoms with van der Waals surface area (Å²) in [5.74, 6) is 1.09. The quantitative estimate of drug-likeness (QED) is 0.188. The van der Waals surface area contributed by atoms with Gasteiger partial charge in [0.15, 0.2) is 0 Å². The van der Waals surface area contributed by atoms with Gasteiger partial charge in [-0.25, -0.2) is 0 Å². The first kappa shape index (κ1) is 25.5. The zero-order valence-corrected chi connectivity index (χ0v) is 25.2. The van der Waals surface area contributed by atoms with Crippen molar-refractivity contribution in [2.75, 3.05) is 0 Å². The van der Waals surface area contributed by atoms with Crippen molar-refractivity contribution < 1.29 is 4.42 Å². The van der Waals surface area contributed by atoms with Gasteiger partial charge in [0.05, 0.1) is 5.52 Å². The van der Waals surface area contributed by atoms with Crippen LogP contribution in [0.1, 0.15) is 11.5 Å². The van der Waals surface area contributed by atoms with Crippen molar-refractivity contribution in [3.05, 3.63) is 163 Å². The predicted molar refractivity (Wildman–Crippen MR) is 192 cm³/mol. The molecule has 2 heteroatoms. The van der Waals surface area contributed by atoms with E-state index in [-0.39, 0.29) is 0 Å². The minimum Gasteiger partial charge on any atom is -0.460 e. The lowest BCUT2D eigenvalue weighted by atomic mass is 9.88. The molecule has 0 atom stereocenters. The number of hydrogen-bond acceptors (Lipinski definition) is 1. The van der Waals surface area contributed by atoms with Gasteiger partial charge in [0.2, 0.25) is 0 Å². The van der Waals surface area contributed by atoms with Crippen LogP contribution in [0.25, 0.3) is 82.5 Å². The molecule has 0 saturated heterocycles. The molecule has 0 spiro atoms. The summed E-state index contributed by atoms with van der Waals surface area (Å²) in [7, 11) is 0. The minimum atomic E-state index is 0.861. The van der Waals surface area contributed by atoms with E-state index in [2.05, 4.69) is 156 Å². The van der Waals surface area contributed by atoms with Crippen molar-refractivity contribution in [2.45, 2.75) is 12.8 Å². The van der Waals surface area contributed by atoms with Crippen LogP contribution in [0.15, 0.2) is 156 Å². The Morgan fingerprint density at radius 3 is 1.65 bits per heavy atom. The average Bonchev–Trinajstić information content (AvgIpc) is 3.69. The number of furan rings is 1. The number of nitrogens with zero attached hydrogens (tertiary/aromatic N) is 1. The highest BCUT2D eigenvalue weighted by Gasteiger charge is 2.31.